The molecule has 0 bridgehead atoms. The number of aliphatic hydroxyl groups excluding tert-OH is 5. The van der Waals surface area contributed by atoms with Crippen molar-refractivity contribution in [3.63, 3.8) is 0 Å². The smallest absolute Gasteiger partial charge is 0.338 e. The van der Waals surface area contributed by atoms with Crippen molar-refractivity contribution >= 4 is 5.97 Å². The summed E-state index contributed by atoms with van der Waals surface area (Å²) in [7, 11) is 0. The fourth-order valence-electron chi connectivity index (χ4n) is 1.20. The molecule has 14 heavy (non-hydrogen) atoms. The van der Waals surface area contributed by atoms with Crippen molar-refractivity contribution in [3.05, 3.63) is 0 Å². The number of aliphatic hydroxyl groups is 5. The zero-order valence-corrected chi connectivity index (χ0v) is 7.15. The van der Waals surface area contributed by atoms with Crippen molar-refractivity contribution in [1.29, 1.82) is 0 Å². The summed E-state index contributed by atoms with van der Waals surface area (Å²) in [5.41, 5.74) is 0. The van der Waals surface area contributed by atoms with E-state index in [-0.39, 0.29) is 0 Å². The highest BCUT2D eigenvalue weighted by Crippen LogP contribution is 2.19. The zero-order valence-electron chi connectivity index (χ0n) is 7.15. The predicted octanol–water partition coefficient (Wildman–Crippen LogP) is -3.65. The second-order valence-electron chi connectivity index (χ2n) is 3.08. The van der Waals surface area contributed by atoms with Gasteiger partial charge < -0.3 is 30.3 Å². The number of cyclic esters (lactones) is 1. The van der Waals surface area contributed by atoms with Crippen LogP contribution in [0.2, 0.25) is 0 Å². The molecule has 1 saturated heterocycles. The third-order valence-corrected chi connectivity index (χ3v) is 2.07. The van der Waals surface area contributed by atoms with Crippen molar-refractivity contribution in [2.24, 2.45) is 0 Å². The molecule has 7 nitrogen and oxygen atoms in total. The van der Waals surface area contributed by atoms with Crippen molar-refractivity contribution in [2.75, 3.05) is 6.61 Å². The maximum atomic E-state index is 10.8. The van der Waals surface area contributed by atoms with Gasteiger partial charge in [0.2, 0.25) is 0 Å². The summed E-state index contributed by atoms with van der Waals surface area (Å²) < 4.78 is 4.43. The Morgan fingerprint density at radius 1 is 1.29 bits per heavy atom. The molecular formula is C7H12O7. The maximum Gasteiger partial charge on any atom is 0.338 e. The molecule has 82 valence electrons. The number of hydrogen-bond donors (Lipinski definition) is 5. The second kappa shape index (κ2) is 4.20. The standard InChI is InChI=1S/C7H12O7/c8-1-2(9)6-4(11)3(10)5(12)7(13)14-6/h2-6,8-12H,1H2/t2-,3+,4-,5+,6-/m1/s1. The van der Waals surface area contributed by atoms with Crippen LogP contribution in [0.3, 0.4) is 0 Å². The lowest BCUT2D eigenvalue weighted by molar-refractivity contribution is -0.217. The van der Waals surface area contributed by atoms with Crippen LogP contribution in [0.15, 0.2) is 0 Å². The topological polar surface area (TPSA) is 127 Å². The molecule has 0 saturated carbocycles. The Kier molecular flexibility index (Phi) is 3.40. The van der Waals surface area contributed by atoms with Crippen LogP contribution in [-0.4, -0.2) is 68.6 Å². The Labute approximate surface area is 79.2 Å². The van der Waals surface area contributed by atoms with Gasteiger partial charge in [0.1, 0.15) is 18.3 Å². The molecule has 0 unspecified atom stereocenters. The molecular weight excluding hydrogens is 196 g/mol. The molecule has 1 rings (SSSR count). The first-order valence-electron chi connectivity index (χ1n) is 4.02. The quantitative estimate of drug-likeness (QED) is 0.296. The fraction of sp³-hybridized carbons (Fsp3) is 0.857. The number of ether oxygens (including phenoxy) is 1. The Morgan fingerprint density at radius 2 is 1.86 bits per heavy atom. The molecule has 0 aliphatic carbocycles. The van der Waals surface area contributed by atoms with Crippen molar-refractivity contribution < 1.29 is 35.1 Å². The summed E-state index contributed by atoms with van der Waals surface area (Å²) in [4.78, 5) is 10.8. The van der Waals surface area contributed by atoms with E-state index in [1.807, 2.05) is 0 Å². The van der Waals surface area contributed by atoms with Gasteiger partial charge in [-0.3, -0.25) is 0 Å². The van der Waals surface area contributed by atoms with Gasteiger partial charge in [-0.25, -0.2) is 4.79 Å². The largest absolute Gasteiger partial charge is 0.455 e. The normalized spacial score (nSPS) is 40.5. The van der Waals surface area contributed by atoms with E-state index in [2.05, 4.69) is 4.74 Å². The van der Waals surface area contributed by atoms with Crippen molar-refractivity contribution in [1.82, 2.24) is 0 Å². The SMILES string of the molecule is O=C1O[C@H]([C@H](O)CO)[C@H](O)[C@H](O)[C@@H]1O. The van der Waals surface area contributed by atoms with E-state index in [0.29, 0.717) is 0 Å². The molecule has 0 radical (unpaired) electrons. The van der Waals surface area contributed by atoms with Crippen LogP contribution in [0.5, 0.6) is 0 Å². The van der Waals surface area contributed by atoms with Gasteiger partial charge in [0.05, 0.1) is 6.61 Å². The third-order valence-electron chi connectivity index (χ3n) is 2.07. The van der Waals surface area contributed by atoms with E-state index < -0.39 is 43.1 Å². The van der Waals surface area contributed by atoms with Crippen LogP contribution in [0, 0.1) is 0 Å². The molecule has 1 heterocycles. The first kappa shape index (κ1) is 11.3. The molecule has 0 aromatic carbocycles. The van der Waals surface area contributed by atoms with Crippen LogP contribution in [0.25, 0.3) is 0 Å². The average molecular weight is 208 g/mol. The second-order valence-corrected chi connectivity index (χ2v) is 3.08. The summed E-state index contributed by atoms with van der Waals surface area (Å²) in [6.45, 7) is -0.724. The van der Waals surface area contributed by atoms with E-state index >= 15 is 0 Å². The van der Waals surface area contributed by atoms with Gasteiger partial charge in [0.25, 0.3) is 0 Å². The monoisotopic (exact) mass is 208 g/mol. The Hall–Kier alpha value is -0.730. The minimum Gasteiger partial charge on any atom is -0.455 e. The molecule has 0 spiro atoms. The highest BCUT2D eigenvalue weighted by Gasteiger charge is 2.46. The van der Waals surface area contributed by atoms with Crippen LogP contribution >= 0.6 is 0 Å². The Balaban J connectivity index is 2.75. The molecule has 1 fully saturated rings. The van der Waals surface area contributed by atoms with Crippen LogP contribution in [-0.2, 0) is 9.53 Å². The summed E-state index contributed by atoms with van der Waals surface area (Å²) in [5.74, 6) is -1.14. The van der Waals surface area contributed by atoms with E-state index in [4.69, 9.17) is 20.4 Å². The van der Waals surface area contributed by atoms with E-state index in [1.54, 1.807) is 0 Å². The summed E-state index contributed by atoms with van der Waals surface area (Å²) in [6.07, 6.45) is -8.08. The Morgan fingerprint density at radius 3 is 2.36 bits per heavy atom. The first-order valence-corrected chi connectivity index (χ1v) is 4.02. The molecule has 5 N–H and O–H groups in total. The molecule has 0 amide bonds. The number of carbonyl (C=O) groups excluding carboxylic acids is 1. The molecule has 1 aliphatic rings. The maximum absolute atomic E-state index is 10.8. The number of carbonyl (C=O) groups is 1. The number of esters is 1. The van der Waals surface area contributed by atoms with Crippen LogP contribution in [0.4, 0.5) is 0 Å². The first-order chi connectivity index (χ1) is 6.49. The summed E-state index contributed by atoms with van der Waals surface area (Å²) >= 11 is 0. The molecule has 0 aromatic heterocycles. The van der Waals surface area contributed by atoms with E-state index in [9.17, 15) is 9.90 Å². The lowest BCUT2D eigenvalue weighted by atomic mass is 9.96. The van der Waals surface area contributed by atoms with Gasteiger partial charge in [-0.2, -0.15) is 0 Å². The molecule has 5 atom stereocenters. The highest BCUT2D eigenvalue weighted by atomic mass is 16.6. The van der Waals surface area contributed by atoms with Crippen LogP contribution < -0.4 is 0 Å². The van der Waals surface area contributed by atoms with Crippen molar-refractivity contribution in [3.8, 4) is 0 Å². The predicted molar refractivity (Wildman–Crippen MR) is 41.0 cm³/mol. The van der Waals surface area contributed by atoms with Gasteiger partial charge in [0, 0.05) is 0 Å². The number of rotatable bonds is 2. The summed E-state index contributed by atoms with van der Waals surface area (Å²) in [5, 5.41) is 45.0. The lowest BCUT2D eigenvalue weighted by Gasteiger charge is -2.35. The summed E-state index contributed by atoms with van der Waals surface area (Å²) in [6, 6.07) is 0. The van der Waals surface area contributed by atoms with Gasteiger partial charge in [-0.05, 0) is 0 Å². The third kappa shape index (κ3) is 1.86. The van der Waals surface area contributed by atoms with E-state index in [0.717, 1.165) is 0 Å². The molecule has 1 aliphatic heterocycles. The van der Waals surface area contributed by atoms with E-state index in [1.165, 1.54) is 0 Å². The molecule has 7 heteroatoms. The minimum atomic E-state index is -1.83. The van der Waals surface area contributed by atoms with Gasteiger partial charge in [-0.1, -0.05) is 0 Å². The van der Waals surface area contributed by atoms with Crippen LogP contribution in [0.1, 0.15) is 0 Å². The highest BCUT2D eigenvalue weighted by molar-refractivity contribution is 5.76. The van der Waals surface area contributed by atoms with Gasteiger partial charge in [-0.15, -0.1) is 0 Å². The van der Waals surface area contributed by atoms with Gasteiger partial charge >= 0.3 is 5.97 Å². The van der Waals surface area contributed by atoms with Crippen molar-refractivity contribution in [2.45, 2.75) is 30.5 Å². The number of hydrogen-bond acceptors (Lipinski definition) is 7. The minimum absolute atomic E-state index is 0.724. The average Bonchev–Trinajstić information content (AvgIpc) is 2.19. The Bertz CT molecular complexity index is 218. The lowest BCUT2D eigenvalue weighted by Crippen LogP contribution is -2.59. The fourth-order valence-corrected chi connectivity index (χ4v) is 1.20. The molecule has 0 aromatic rings. The van der Waals surface area contributed by atoms with Gasteiger partial charge in [0.15, 0.2) is 12.2 Å². The zero-order chi connectivity index (χ0) is 10.9.